The summed E-state index contributed by atoms with van der Waals surface area (Å²) in [6.07, 6.45) is 1.53. The second kappa shape index (κ2) is 5.77. The lowest BCUT2D eigenvalue weighted by Gasteiger charge is -2.21. The van der Waals surface area contributed by atoms with Crippen molar-refractivity contribution in [2.24, 2.45) is 5.41 Å². The summed E-state index contributed by atoms with van der Waals surface area (Å²) in [7, 11) is 1.40. The van der Waals surface area contributed by atoms with Gasteiger partial charge in [0.25, 0.3) is 0 Å². The van der Waals surface area contributed by atoms with Crippen LogP contribution < -0.4 is 5.32 Å². The quantitative estimate of drug-likeness (QED) is 0.737. The maximum absolute atomic E-state index is 11.5. The minimum absolute atomic E-state index is 0.220. The molecule has 0 aliphatic heterocycles. The SMILES string of the molecule is CCn1ncnc1CNCC(C)(C)C(=O)OC. The number of nitrogens with one attached hydrogen (secondary N) is 1. The summed E-state index contributed by atoms with van der Waals surface area (Å²) in [6.45, 7) is 7.62. The van der Waals surface area contributed by atoms with Gasteiger partial charge in [0, 0.05) is 13.1 Å². The molecule has 17 heavy (non-hydrogen) atoms. The Kier molecular flexibility index (Phi) is 4.62. The Bertz CT molecular complexity index is 373. The molecule has 0 saturated carbocycles. The number of nitrogens with zero attached hydrogens (tertiary/aromatic N) is 3. The van der Waals surface area contributed by atoms with Crippen molar-refractivity contribution < 1.29 is 9.53 Å². The molecule has 0 bridgehead atoms. The number of rotatable bonds is 6. The van der Waals surface area contributed by atoms with E-state index in [4.69, 9.17) is 4.74 Å². The van der Waals surface area contributed by atoms with Crippen LogP contribution in [0.5, 0.6) is 0 Å². The van der Waals surface area contributed by atoms with Gasteiger partial charge in [0.1, 0.15) is 12.2 Å². The Morgan fingerprint density at radius 3 is 2.88 bits per heavy atom. The van der Waals surface area contributed by atoms with Crippen LogP contribution in [0, 0.1) is 5.41 Å². The smallest absolute Gasteiger partial charge is 0.312 e. The molecule has 1 aromatic heterocycles. The third kappa shape index (κ3) is 3.52. The molecule has 1 N–H and O–H groups in total. The third-order valence-corrected chi connectivity index (χ3v) is 2.58. The van der Waals surface area contributed by atoms with Crippen LogP contribution in [0.1, 0.15) is 26.6 Å². The molecule has 0 saturated heterocycles. The fourth-order valence-corrected chi connectivity index (χ4v) is 1.52. The fraction of sp³-hybridized carbons (Fsp3) is 0.727. The van der Waals surface area contributed by atoms with Crippen molar-refractivity contribution >= 4 is 5.97 Å². The highest BCUT2D eigenvalue weighted by Crippen LogP contribution is 2.15. The van der Waals surface area contributed by atoms with Crippen molar-refractivity contribution in [1.29, 1.82) is 0 Å². The van der Waals surface area contributed by atoms with Gasteiger partial charge in [-0.3, -0.25) is 4.79 Å². The first-order valence-corrected chi connectivity index (χ1v) is 5.67. The molecule has 0 radical (unpaired) electrons. The number of hydrogen-bond donors (Lipinski definition) is 1. The predicted octanol–water partition coefficient (Wildman–Crippen LogP) is 0.587. The van der Waals surface area contributed by atoms with Gasteiger partial charge in [-0.2, -0.15) is 5.10 Å². The lowest BCUT2D eigenvalue weighted by Crippen LogP contribution is -2.37. The highest BCUT2D eigenvalue weighted by Gasteiger charge is 2.28. The van der Waals surface area contributed by atoms with Crippen molar-refractivity contribution in [1.82, 2.24) is 20.1 Å². The minimum atomic E-state index is -0.536. The van der Waals surface area contributed by atoms with E-state index in [9.17, 15) is 4.79 Å². The molecule has 0 unspecified atom stereocenters. The van der Waals surface area contributed by atoms with Crippen LogP contribution in [-0.2, 0) is 22.6 Å². The summed E-state index contributed by atoms with van der Waals surface area (Å²) in [6, 6.07) is 0. The highest BCUT2D eigenvalue weighted by molar-refractivity contribution is 5.76. The molecule has 0 aliphatic carbocycles. The van der Waals surface area contributed by atoms with Crippen molar-refractivity contribution in [3.63, 3.8) is 0 Å². The second-order valence-electron chi connectivity index (χ2n) is 4.47. The summed E-state index contributed by atoms with van der Waals surface area (Å²) >= 11 is 0. The van der Waals surface area contributed by atoms with Crippen molar-refractivity contribution in [3.05, 3.63) is 12.2 Å². The Labute approximate surface area is 101 Å². The van der Waals surface area contributed by atoms with Crippen LogP contribution in [0.4, 0.5) is 0 Å². The van der Waals surface area contributed by atoms with E-state index in [1.54, 1.807) is 0 Å². The normalized spacial score (nSPS) is 11.5. The van der Waals surface area contributed by atoms with E-state index < -0.39 is 5.41 Å². The zero-order chi connectivity index (χ0) is 12.9. The molecule has 0 aromatic carbocycles. The highest BCUT2D eigenvalue weighted by atomic mass is 16.5. The second-order valence-corrected chi connectivity index (χ2v) is 4.47. The van der Waals surface area contributed by atoms with Gasteiger partial charge < -0.3 is 10.1 Å². The number of carbonyl (C=O) groups excluding carboxylic acids is 1. The van der Waals surface area contributed by atoms with Gasteiger partial charge in [-0.05, 0) is 20.8 Å². The first kappa shape index (κ1) is 13.6. The maximum Gasteiger partial charge on any atom is 0.312 e. The summed E-state index contributed by atoms with van der Waals surface area (Å²) in [5, 5.41) is 7.27. The molecule has 0 fully saturated rings. The molecule has 0 aliphatic rings. The number of aromatic nitrogens is 3. The third-order valence-electron chi connectivity index (χ3n) is 2.58. The summed E-state index contributed by atoms with van der Waals surface area (Å²) in [4.78, 5) is 15.6. The molecular formula is C11H20N4O2. The van der Waals surface area contributed by atoms with E-state index in [0.717, 1.165) is 12.4 Å². The summed E-state index contributed by atoms with van der Waals surface area (Å²) < 4.78 is 6.55. The zero-order valence-corrected chi connectivity index (χ0v) is 10.9. The Morgan fingerprint density at radius 1 is 1.59 bits per heavy atom. The lowest BCUT2D eigenvalue weighted by molar-refractivity contribution is -0.150. The van der Waals surface area contributed by atoms with Crippen LogP contribution in [0.15, 0.2) is 6.33 Å². The molecule has 96 valence electrons. The predicted molar refractivity (Wildman–Crippen MR) is 63.2 cm³/mol. The molecule has 6 nitrogen and oxygen atoms in total. The number of hydrogen-bond acceptors (Lipinski definition) is 5. The van der Waals surface area contributed by atoms with E-state index in [-0.39, 0.29) is 5.97 Å². The minimum Gasteiger partial charge on any atom is -0.469 e. The molecular weight excluding hydrogens is 220 g/mol. The summed E-state index contributed by atoms with van der Waals surface area (Å²) in [5.74, 6) is 0.648. The Morgan fingerprint density at radius 2 is 2.29 bits per heavy atom. The molecule has 1 rings (SSSR count). The van der Waals surface area contributed by atoms with Gasteiger partial charge in [0.15, 0.2) is 0 Å². The number of carbonyl (C=O) groups is 1. The molecule has 0 atom stereocenters. The van der Waals surface area contributed by atoms with Gasteiger partial charge in [-0.25, -0.2) is 9.67 Å². The van der Waals surface area contributed by atoms with Gasteiger partial charge >= 0.3 is 5.97 Å². The van der Waals surface area contributed by atoms with Crippen LogP contribution in [-0.4, -0.2) is 34.4 Å². The molecule has 1 aromatic rings. The molecule has 0 spiro atoms. The van der Waals surface area contributed by atoms with E-state index in [1.165, 1.54) is 13.4 Å². The van der Waals surface area contributed by atoms with Crippen molar-refractivity contribution in [2.75, 3.05) is 13.7 Å². The first-order chi connectivity index (χ1) is 8.01. The standard InChI is InChI=1S/C11H20N4O2/c1-5-15-9(13-8-14-15)6-12-7-11(2,3)10(16)17-4/h8,12H,5-7H2,1-4H3. The summed E-state index contributed by atoms with van der Waals surface area (Å²) in [5.41, 5.74) is -0.536. The van der Waals surface area contributed by atoms with E-state index in [0.29, 0.717) is 13.1 Å². The van der Waals surface area contributed by atoms with Gasteiger partial charge in [0.2, 0.25) is 0 Å². The number of ether oxygens (including phenoxy) is 1. The maximum atomic E-state index is 11.5. The fourth-order valence-electron chi connectivity index (χ4n) is 1.52. The molecule has 0 amide bonds. The van der Waals surface area contributed by atoms with Crippen LogP contribution in [0.3, 0.4) is 0 Å². The van der Waals surface area contributed by atoms with Crippen molar-refractivity contribution in [2.45, 2.75) is 33.9 Å². The Balaban J connectivity index is 2.45. The van der Waals surface area contributed by atoms with Gasteiger partial charge in [-0.15, -0.1) is 0 Å². The zero-order valence-electron chi connectivity index (χ0n) is 10.9. The average Bonchev–Trinajstić information content (AvgIpc) is 2.75. The van der Waals surface area contributed by atoms with Gasteiger partial charge in [0.05, 0.1) is 19.1 Å². The monoisotopic (exact) mass is 240 g/mol. The van der Waals surface area contributed by atoms with Gasteiger partial charge in [-0.1, -0.05) is 0 Å². The average molecular weight is 240 g/mol. The van der Waals surface area contributed by atoms with Crippen LogP contribution >= 0.6 is 0 Å². The van der Waals surface area contributed by atoms with Crippen LogP contribution in [0.2, 0.25) is 0 Å². The first-order valence-electron chi connectivity index (χ1n) is 5.67. The Hall–Kier alpha value is -1.43. The van der Waals surface area contributed by atoms with Crippen molar-refractivity contribution in [3.8, 4) is 0 Å². The van der Waals surface area contributed by atoms with E-state index >= 15 is 0 Å². The lowest BCUT2D eigenvalue weighted by atomic mass is 9.94. The van der Waals surface area contributed by atoms with E-state index in [1.807, 2.05) is 25.5 Å². The van der Waals surface area contributed by atoms with Crippen LogP contribution in [0.25, 0.3) is 0 Å². The van der Waals surface area contributed by atoms with E-state index in [2.05, 4.69) is 15.4 Å². The number of methoxy groups -OCH3 is 1. The number of esters is 1. The number of aryl methyl sites for hydroxylation is 1. The molecule has 6 heteroatoms. The molecule has 1 heterocycles. The largest absolute Gasteiger partial charge is 0.469 e. The topological polar surface area (TPSA) is 69.0 Å².